The highest BCUT2D eigenvalue weighted by atomic mass is 28.4. The zero-order valence-corrected chi connectivity index (χ0v) is 24.1. The van der Waals surface area contributed by atoms with Crippen molar-refractivity contribution in [1.29, 1.82) is 0 Å². The lowest BCUT2D eigenvalue weighted by molar-refractivity contribution is -0.241. The third-order valence-corrected chi connectivity index (χ3v) is 7.81. The van der Waals surface area contributed by atoms with E-state index < -0.39 is 45.2 Å². The maximum Gasteiger partial charge on any atom is 0.217 e. The molecule has 1 heterocycles. The maximum atomic E-state index is 11.5. The summed E-state index contributed by atoms with van der Waals surface area (Å²) >= 11 is 0. The smallest absolute Gasteiger partial charge is 0.217 e. The molecule has 168 valence electrons. The fourth-order valence-electron chi connectivity index (χ4n) is 2.83. The number of rotatable bonds is 10. The van der Waals surface area contributed by atoms with E-state index in [0.717, 1.165) is 0 Å². The number of hydrogen-bond donors (Lipinski definition) is 1. The summed E-state index contributed by atoms with van der Waals surface area (Å²) in [5, 5.41) is 11.5. The Kier molecular flexibility index (Phi) is 8.58. The molecule has 1 saturated heterocycles. The molecule has 0 saturated carbocycles. The van der Waals surface area contributed by atoms with Gasteiger partial charge in [-0.2, -0.15) is 0 Å². The lowest BCUT2D eigenvalue weighted by Crippen LogP contribution is -2.55. The third kappa shape index (κ3) is 9.62. The van der Waals surface area contributed by atoms with Gasteiger partial charge in [0.05, 0.1) is 13.2 Å². The molecule has 1 aliphatic heterocycles. The Hall–Kier alpha value is 0.628. The van der Waals surface area contributed by atoms with Crippen LogP contribution in [-0.2, 0) is 22.4 Å². The number of aliphatic hydroxyl groups is 1. The summed E-state index contributed by atoms with van der Waals surface area (Å²) in [4.78, 5) is 0. The minimum absolute atomic E-state index is 0.0902. The fraction of sp³-hybridized carbons (Fsp3) is 1.00. The van der Waals surface area contributed by atoms with E-state index in [4.69, 9.17) is 22.4 Å². The molecule has 0 aromatic rings. The van der Waals surface area contributed by atoms with Crippen molar-refractivity contribution in [2.24, 2.45) is 0 Å². The quantitative estimate of drug-likeness (QED) is 0.484. The van der Waals surface area contributed by atoms with Crippen LogP contribution in [0.2, 0.25) is 78.6 Å². The second-order valence-corrected chi connectivity index (χ2v) is 29.6. The first-order valence-corrected chi connectivity index (χ1v) is 23.9. The average molecular weight is 469 g/mol. The van der Waals surface area contributed by atoms with Gasteiger partial charge >= 0.3 is 0 Å². The Morgan fingerprint density at radius 3 is 1.57 bits per heavy atom. The molecule has 1 N–H and O–H groups in total. The van der Waals surface area contributed by atoms with Gasteiger partial charge in [0.1, 0.15) is 18.3 Å². The van der Waals surface area contributed by atoms with Gasteiger partial charge < -0.3 is 27.5 Å². The monoisotopic (exact) mass is 468 g/mol. The minimum atomic E-state index is -1.97. The van der Waals surface area contributed by atoms with Crippen molar-refractivity contribution >= 4 is 33.3 Å². The molecule has 0 unspecified atom stereocenters. The second-order valence-electron chi connectivity index (χ2n) is 11.7. The predicted molar refractivity (Wildman–Crippen MR) is 125 cm³/mol. The van der Waals surface area contributed by atoms with E-state index in [1.807, 2.05) is 0 Å². The largest absolute Gasteiger partial charge is 0.415 e. The van der Waals surface area contributed by atoms with Crippen LogP contribution in [0, 0.1) is 0 Å². The minimum Gasteiger partial charge on any atom is -0.415 e. The van der Waals surface area contributed by atoms with E-state index in [1.54, 1.807) is 0 Å². The van der Waals surface area contributed by atoms with Crippen molar-refractivity contribution in [2.75, 3.05) is 13.2 Å². The molecule has 1 aliphatic rings. The number of hydrogen-bond acceptors (Lipinski definition) is 6. The van der Waals surface area contributed by atoms with Gasteiger partial charge in [-0.15, -0.1) is 0 Å². The molecule has 0 aromatic carbocycles. The van der Waals surface area contributed by atoms with Crippen LogP contribution in [0.15, 0.2) is 0 Å². The van der Waals surface area contributed by atoms with Crippen molar-refractivity contribution in [1.82, 2.24) is 0 Å². The molecule has 0 bridgehead atoms. The Bertz CT molecular complexity index is 506. The summed E-state index contributed by atoms with van der Waals surface area (Å²) in [5.74, 6) is -1.53. The Labute approximate surface area is 176 Å². The molecule has 0 radical (unpaired) electrons. The van der Waals surface area contributed by atoms with Crippen LogP contribution < -0.4 is 0 Å². The summed E-state index contributed by atoms with van der Waals surface area (Å²) in [6.45, 7) is 26.0. The molecule has 4 atom stereocenters. The first kappa shape index (κ1) is 26.7. The van der Waals surface area contributed by atoms with Gasteiger partial charge in [-0.3, -0.25) is 0 Å². The SMILES string of the molecule is C[Si](C)(C)OC[C@H]1O[C@@](O)(CO[Si](C)(C)C)[C@H](O[Si](C)(C)C)[C@@H]1O[Si](C)(C)C. The van der Waals surface area contributed by atoms with Gasteiger partial charge in [0.15, 0.2) is 33.3 Å². The van der Waals surface area contributed by atoms with E-state index >= 15 is 0 Å². The molecule has 6 nitrogen and oxygen atoms in total. The van der Waals surface area contributed by atoms with Crippen molar-refractivity contribution in [3.8, 4) is 0 Å². The third-order valence-electron chi connectivity index (χ3n) is 3.83. The summed E-state index contributed by atoms with van der Waals surface area (Å²) < 4.78 is 31.4. The normalized spacial score (nSPS) is 30.1. The Balaban J connectivity index is 3.21. The van der Waals surface area contributed by atoms with Crippen LogP contribution in [0.25, 0.3) is 0 Å². The Morgan fingerprint density at radius 1 is 0.714 bits per heavy atom. The van der Waals surface area contributed by atoms with Gasteiger partial charge in [0, 0.05) is 0 Å². The molecule has 10 heteroatoms. The van der Waals surface area contributed by atoms with Gasteiger partial charge in [-0.05, 0) is 78.6 Å². The first-order chi connectivity index (χ1) is 12.2. The maximum absolute atomic E-state index is 11.5. The molecular weight excluding hydrogens is 425 g/mol. The summed E-state index contributed by atoms with van der Waals surface area (Å²) in [5.41, 5.74) is 0. The first-order valence-electron chi connectivity index (χ1n) is 10.2. The molecule has 0 aromatic heterocycles. The number of ether oxygens (including phenoxy) is 1. The van der Waals surface area contributed by atoms with Crippen molar-refractivity contribution in [3.05, 3.63) is 0 Å². The van der Waals surface area contributed by atoms with E-state index in [2.05, 4.69) is 78.6 Å². The lowest BCUT2D eigenvalue weighted by atomic mass is 10.1. The van der Waals surface area contributed by atoms with Crippen LogP contribution in [0.3, 0.4) is 0 Å². The molecule has 1 fully saturated rings. The molecular formula is C18H44O6Si4. The second kappa shape index (κ2) is 9.01. The highest BCUT2D eigenvalue weighted by Gasteiger charge is 2.58. The van der Waals surface area contributed by atoms with E-state index in [0.29, 0.717) is 6.61 Å². The van der Waals surface area contributed by atoms with E-state index in [9.17, 15) is 5.11 Å². The van der Waals surface area contributed by atoms with Gasteiger partial charge in [0.25, 0.3) is 0 Å². The molecule has 0 amide bonds. The van der Waals surface area contributed by atoms with Crippen LogP contribution in [0.1, 0.15) is 0 Å². The van der Waals surface area contributed by atoms with Gasteiger partial charge in [0.2, 0.25) is 5.79 Å². The molecule has 0 aliphatic carbocycles. The zero-order chi connectivity index (χ0) is 22.2. The summed E-state index contributed by atoms with van der Waals surface area (Å²) in [6.07, 6.45) is -1.34. The predicted octanol–water partition coefficient (Wildman–Crippen LogP) is 4.22. The highest BCUT2D eigenvalue weighted by molar-refractivity contribution is 6.71. The molecule has 28 heavy (non-hydrogen) atoms. The van der Waals surface area contributed by atoms with Crippen molar-refractivity contribution in [3.63, 3.8) is 0 Å². The van der Waals surface area contributed by atoms with Crippen LogP contribution in [0.4, 0.5) is 0 Å². The van der Waals surface area contributed by atoms with Crippen LogP contribution in [0.5, 0.6) is 0 Å². The standard InChI is InChI=1S/C18H44O6Si4/c1-25(2,3)20-13-15-16(23-27(7,8)9)17(24-28(10,11)12)18(19,22-15)14-21-26(4,5)6/h15-17,19H,13-14H2,1-12H3/t15-,16-,17-,18+/m1/s1. The van der Waals surface area contributed by atoms with Crippen molar-refractivity contribution < 1.29 is 27.5 Å². The highest BCUT2D eigenvalue weighted by Crippen LogP contribution is 2.38. The van der Waals surface area contributed by atoms with E-state index in [-0.39, 0.29) is 18.8 Å². The van der Waals surface area contributed by atoms with E-state index in [1.165, 1.54) is 0 Å². The van der Waals surface area contributed by atoms with Crippen LogP contribution >= 0.6 is 0 Å². The zero-order valence-electron chi connectivity index (χ0n) is 20.1. The van der Waals surface area contributed by atoms with Gasteiger partial charge in [-0.25, -0.2) is 0 Å². The molecule has 0 spiro atoms. The summed E-state index contributed by atoms with van der Waals surface area (Å²) in [6, 6.07) is 0. The van der Waals surface area contributed by atoms with Crippen LogP contribution in [-0.4, -0.2) is 75.7 Å². The summed E-state index contributed by atoms with van der Waals surface area (Å²) in [7, 11) is -7.46. The topological polar surface area (TPSA) is 66.4 Å². The fourth-order valence-corrected chi connectivity index (χ4v) is 6.31. The van der Waals surface area contributed by atoms with Crippen molar-refractivity contribution in [2.45, 2.75) is 103 Å². The average Bonchev–Trinajstić information content (AvgIpc) is 2.64. The lowest BCUT2D eigenvalue weighted by Gasteiger charge is -2.37. The Morgan fingerprint density at radius 2 is 1.18 bits per heavy atom. The molecule has 1 rings (SSSR count). The van der Waals surface area contributed by atoms with Gasteiger partial charge in [-0.1, -0.05) is 0 Å².